The second kappa shape index (κ2) is 5.34. The molecule has 0 saturated carbocycles. The van der Waals surface area contributed by atoms with Gasteiger partial charge in [0.05, 0.1) is 4.90 Å². The van der Waals surface area contributed by atoms with E-state index in [1.807, 2.05) is 0 Å². The molecule has 0 aliphatic rings. The predicted molar refractivity (Wildman–Crippen MR) is 71.0 cm³/mol. The number of aryl methyl sites for hydroxylation is 1. The van der Waals surface area contributed by atoms with Gasteiger partial charge in [-0.25, -0.2) is 8.42 Å². The first-order valence-corrected chi connectivity index (χ1v) is 7.37. The van der Waals surface area contributed by atoms with Crippen LogP contribution in [-0.2, 0) is 26.6 Å². The van der Waals surface area contributed by atoms with Gasteiger partial charge in [0, 0.05) is 19.4 Å². The molecule has 1 N–H and O–H groups in total. The Morgan fingerprint density at radius 3 is 2.42 bits per heavy atom. The Morgan fingerprint density at radius 2 is 2.00 bits per heavy atom. The van der Waals surface area contributed by atoms with Gasteiger partial charge in [0.1, 0.15) is 11.6 Å². The summed E-state index contributed by atoms with van der Waals surface area (Å²) in [6.07, 6.45) is 3.08. The van der Waals surface area contributed by atoms with E-state index >= 15 is 0 Å². The topological polar surface area (TPSA) is 77.4 Å². The number of esters is 1. The number of aromatic nitrogens is 1. The number of hydrogen-bond acceptors (Lipinski definition) is 4. The van der Waals surface area contributed by atoms with Gasteiger partial charge in [-0.2, -0.15) is 4.72 Å². The molecule has 108 valence electrons. The Bertz CT molecular complexity index is 555. The van der Waals surface area contributed by atoms with Gasteiger partial charge in [-0.05, 0) is 33.8 Å². The average Bonchev–Trinajstić information content (AvgIpc) is 2.62. The highest BCUT2D eigenvalue weighted by Gasteiger charge is 2.26. The van der Waals surface area contributed by atoms with Crippen LogP contribution in [0.25, 0.3) is 0 Å². The molecule has 0 fully saturated rings. The highest BCUT2D eigenvalue weighted by atomic mass is 32.2. The zero-order valence-corrected chi connectivity index (χ0v) is 12.6. The van der Waals surface area contributed by atoms with E-state index in [-0.39, 0.29) is 4.90 Å². The number of carbonyl (C=O) groups excluding carboxylic acids is 1. The van der Waals surface area contributed by atoms with E-state index in [2.05, 4.69) is 4.72 Å². The van der Waals surface area contributed by atoms with Crippen molar-refractivity contribution in [1.82, 2.24) is 9.29 Å². The van der Waals surface area contributed by atoms with Gasteiger partial charge in [-0.1, -0.05) is 0 Å². The molecule has 1 aromatic rings. The first kappa shape index (κ1) is 15.7. The molecule has 0 aliphatic carbocycles. The van der Waals surface area contributed by atoms with Crippen LogP contribution in [0.2, 0.25) is 0 Å². The SMILES string of the molecule is C[C@@H](NS(=O)(=O)c1ccn(C)c1)C(=O)OC(C)(C)C. The minimum atomic E-state index is -3.71. The molecule has 6 nitrogen and oxygen atoms in total. The minimum absolute atomic E-state index is 0.116. The van der Waals surface area contributed by atoms with Crippen LogP contribution in [0.15, 0.2) is 23.4 Å². The third kappa shape index (κ3) is 4.68. The number of nitrogens with zero attached hydrogens (tertiary/aromatic N) is 1. The fourth-order valence-electron chi connectivity index (χ4n) is 1.38. The molecule has 1 rings (SSSR count). The minimum Gasteiger partial charge on any atom is -0.459 e. The standard InChI is InChI=1S/C12H20N2O4S/c1-9(11(15)18-12(2,3)4)13-19(16,17)10-6-7-14(5)8-10/h6-9,13H,1-5H3/t9-/m1/s1. The van der Waals surface area contributed by atoms with Gasteiger partial charge in [0.2, 0.25) is 10.0 Å². The van der Waals surface area contributed by atoms with Crippen molar-refractivity contribution in [2.75, 3.05) is 0 Å². The lowest BCUT2D eigenvalue weighted by atomic mass is 10.2. The van der Waals surface area contributed by atoms with Gasteiger partial charge in [0.15, 0.2) is 0 Å². The summed E-state index contributed by atoms with van der Waals surface area (Å²) in [6, 6.07) is 0.522. The van der Waals surface area contributed by atoms with E-state index in [0.29, 0.717) is 0 Å². The molecule has 19 heavy (non-hydrogen) atoms. The van der Waals surface area contributed by atoms with Crippen LogP contribution >= 0.6 is 0 Å². The van der Waals surface area contributed by atoms with Crippen LogP contribution < -0.4 is 4.72 Å². The normalized spacial score (nSPS) is 14.2. The summed E-state index contributed by atoms with van der Waals surface area (Å²) >= 11 is 0. The smallest absolute Gasteiger partial charge is 0.324 e. The molecule has 0 bridgehead atoms. The largest absolute Gasteiger partial charge is 0.459 e. The van der Waals surface area contributed by atoms with E-state index in [1.54, 1.807) is 38.6 Å². The summed E-state index contributed by atoms with van der Waals surface area (Å²) < 4.78 is 33.0. The molecule has 0 saturated heterocycles. The van der Waals surface area contributed by atoms with E-state index < -0.39 is 27.6 Å². The van der Waals surface area contributed by atoms with Crippen LogP contribution in [0.1, 0.15) is 27.7 Å². The van der Waals surface area contributed by atoms with Crippen molar-refractivity contribution in [3.05, 3.63) is 18.5 Å². The van der Waals surface area contributed by atoms with Crippen LogP contribution in [-0.4, -0.2) is 30.6 Å². The first-order valence-electron chi connectivity index (χ1n) is 5.88. The Kier molecular flexibility index (Phi) is 4.42. The van der Waals surface area contributed by atoms with E-state index in [4.69, 9.17) is 4.74 Å². The summed E-state index contributed by atoms with van der Waals surface area (Å²) in [5, 5.41) is 0. The number of rotatable bonds is 4. The van der Waals surface area contributed by atoms with Gasteiger partial charge < -0.3 is 9.30 Å². The Hall–Kier alpha value is -1.34. The first-order chi connectivity index (χ1) is 8.51. The molecular formula is C12H20N2O4S. The van der Waals surface area contributed by atoms with Gasteiger partial charge >= 0.3 is 5.97 Å². The van der Waals surface area contributed by atoms with Crippen molar-refractivity contribution in [2.24, 2.45) is 7.05 Å². The van der Waals surface area contributed by atoms with E-state index in [0.717, 1.165) is 0 Å². The lowest BCUT2D eigenvalue weighted by molar-refractivity contribution is -0.156. The Labute approximate surface area is 113 Å². The lowest BCUT2D eigenvalue weighted by Gasteiger charge is -2.22. The fraction of sp³-hybridized carbons (Fsp3) is 0.583. The summed E-state index contributed by atoms with van der Waals surface area (Å²) in [6.45, 7) is 6.63. The van der Waals surface area contributed by atoms with Crippen LogP contribution in [0.3, 0.4) is 0 Å². The molecule has 0 spiro atoms. The number of ether oxygens (including phenoxy) is 1. The third-order valence-corrected chi connectivity index (χ3v) is 3.73. The highest BCUT2D eigenvalue weighted by Crippen LogP contribution is 2.12. The van der Waals surface area contributed by atoms with Crippen LogP contribution in [0.4, 0.5) is 0 Å². The number of carbonyl (C=O) groups is 1. The average molecular weight is 288 g/mol. The third-order valence-electron chi connectivity index (χ3n) is 2.21. The molecule has 0 amide bonds. The summed E-state index contributed by atoms with van der Waals surface area (Å²) in [5.41, 5.74) is -0.649. The van der Waals surface area contributed by atoms with Gasteiger partial charge in [-0.15, -0.1) is 0 Å². The van der Waals surface area contributed by atoms with Gasteiger partial charge in [-0.3, -0.25) is 4.79 Å². The monoisotopic (exact) mass is 288 g/mol. The fourth-order valence-corrected chi connectivity index (χ4v) is 2.62. The molecule has 0 unspecified atom stereocenters. The predicted octanol–water partition coefficient (Wildman–Crippen LogP) is 1.03. The molecular weight excluding hydrogens is 268 g/mol. The van der Waals surface area contributed by atoms with Crippen molar-refractivity contribution in [3.63, 3.8) is 0 Å². The van der Waals surface area contributed by atoms with E-state index in [1.165, 1.54) is 19.2 Å². The quantitative estimate of drug-likeness (QED) is 0.840. The summed E-state index contributed by atoms with van der Waals surface area (Å²) in [7, 11) is -1.99. The summed E-state index contributed by atoms with van der Waals surface area (Å²) in [4.78, 5) is 11.8. The number of nitrogens with one attached hydrogen (secondary N) is 1. The second-order valence-corrected chi connectivity index (χ2v) is 7.10. The van der Waals surface area contributed by atoms with Crippen LogP contribution in [0.5, 0.6) is 0 Å². The van der Waals surface area contributed by atoms with Crippen LogP contribution in [0, 0.1) is 0 Å². The molecule has 1 atom stereocenters. The number of hydrogen-bond donors (Lipinski definition) is 1. The van der Waals surface area contributed by atoms with Crippen molar-refractivity contribution in [1.29, 1.82) is 0 Å². The molecule has 0 aromatic carbocycles. The maximum absolute atomic E-state index is 12.0. The molecule has 1 aromatic heterocycles. The van der Waals surface area contributed by atoms with Crippen molar-refractivity contribution in [3.8, 4) is 0 Å². The highest BCUT2D eigenvalue weighted by molar-refractivity contribution is 7.89. The molecule has 0 aliphatic heterocycles. The van der Waals surface area contributed by atoms with Crippen molar-refractivity contribution < 1.29 is 17.9 Å². The van der Waals surface area contributed by atoms with E-state index in [9.17, 15) is 13.2 Å². The Balaban J connectivity index is 2.76. The maximum Gasteiger partial charge on any atom is 0.324 e. The molecule has 1 heterocycles. The maximum atomic E-state index is 12.0. The second-order valence-electron chi connectivity index (χ2n) is 5.39. The van der Waals surface area contributed by atoms with Gasteiger partial charge in [0.25, 0.3) is 0 Å². The molecule has 0 radical (unpaired) electrons. The number of sulfonamides is 1. The zero-order chi connectivity index (χ0) is 14.8. The lowest BCUT2D eigenvalue weighted by Crippen LogP contribution is -2.42. The van der Waals surface area contributed by atoms with Crippen molar-refractivity contribution >= 4 is 16.0 Å². The molecule has 7 heteroatoms. The summed E-state index contributed by atoms with van der Waals surface area (Å²) in [5.74, 6) is -0.605. The Morgan fingerprint density at radius 1 is 1.42 bits per heavy atom. The zero-order valence-electron chi connectivity index (χ0n) is 11.8. The van der Waals surface area contributed by atoms with Crippen molar-refractivity contribution in [2.45, 2.75) is 44.2 Å².